The fourth-order valence-corrected chi connectivity index (χ4v) is 4.50. The largest absolute Gasteiger partial charge is 0.381 e. The van der Waals surface area contributed by atoms with E-state index in [4.69, 9.17) is 9.47 Å². The van der Waals surface area contributed by atoms with Gasteiger partial charge in [-0.3, -0.25) is 10.9 Å². The van der Waals surface area contributed by atoms with Gasteiger partial charge in [0.05, 0.1) is 18.2 Å². The Morgan fingerprint density at radius 1 is 1.04 bits per heavy atom. The van der Waals surface area contributed by atoms with Crippen molar-refractivity contribution in [2.24, 2.45) is 5.92 Å². The maximum absolute atomic E-state index is 6.32. The van der Waals surface area contributed by atoms with Crippen molar-refractivity contribution in [1.29, 1.82) is 0 Å². The standard InChI is InChI=1S/C16H31N5O2/c1-11-5-8-22-7-2-6-21-17-10-15(20-21)16-13-9-12(23-11)3-4-14(13)18-19-16/h11-20H,2-10H2,1H3/t11-,12?,13?,14?,15?,16?/m1/s1. The van der Waals surface area contributed by atoms with Crippen LogP contribution in [0.1, 0.15) is 39.0 Å². The van der Waals surface area contributed by atoms with Crippen molar-refractivity contribution in [2.75, 3.05) is 26.3 Å². The minimum absolute atomic E-state index is 0.294. The zero-order valence-electron chi connectivity index (χ0n) is 14.1. The van der Waals surface area contributed by atoms with Gasteiger partial charge in [0.25, 0.3) is 0 Å². The molecule has 3 aliphatic heterocycles. The van der Waals surface area contributed by atoms with Gasteiger partial charge in [-0.15, -0.1) is 0 Å². The van der Waals surface area contributed by atoms with Gasteiger partial charge >= 0.3 is 0 Å². The minimum atomic E-state index is 0.294. The molecule has 7 atom stereocenters. The second-order valence-electron chi connectivity index (χ2n) is 7.47. The molecule has 0 aromatic rings. The van der Waals surface area contributed by atoms with Gasteiger partial charge < -0.3 is 9.47 Å². The molecule has 4 rings (SSSR count). The van der Waals surface area contributed by atoms with Gasteiger partial charge in [-0.05, 0) is 44.9 Å². The lowest BCUT2D eigenvalue weighted by atomic mass is 9.78. The summed E-state index contributed by atoms with van der Waals surface area (Å²) in [6.07, 6.45) is 6.23. The van der Waals surface area contributed by atoms with E-state index in [9.17, 15) is 0 Å². The molecule has 4 bridgehead atoms. The third kappa shape index (κ3) is 3.71. The smallest absolute Gasteiger partial charge is 0.0583 e. The number of fused-ring (bicyclic) bond motifs is 4. The highest BCUT2D eigenvalue weighted by atomic mass is 16.5. The highest BCUT2D eigenvalue weighted by Gasteiger charge is 2.45. The highest BCUT2D eigenvalue weighted by Crippen LogP contribution is 2.34. The van der Waals surface area contributed by atoms with Crippen molar-refractivity contribution in [3.05, 3.63) is 0 Å². The van der Waals surface area contributed by atoms with Crippen LogP contribution in [-0.2, 0) is 9.47 Å². The monoisotopic (exact) mass is 325 g/mol. The normalized spacial score (nSPS) is 48.7. The Morgan fingerprint density at radius 3 is 2.96 bits per heavy atom. The summed E-state index contributed by atoms with van der Waals surface area (Å²) in [5.74, 6) is 0.640. The molecule has 3 heterocycles. The number of nitrogens with zero attached hydrogens (tertiary/aromatic N) is 1. The van der Waals surface area contributed by atoms with Crippen LogP contribution in [0.25, 0.3) is 0 Å². The summed E-state index contributed by atoms with van der Waals surface area (Å²) in [6.45, 7) is 5.75. The molecule has 1 aliphatic carbocycles. The molecule has 3 saturated heterocycles. The SMILES string of the molecule is C[C@@H]1CCOCCCN2NCC(N2)C2NNC3CCC(CC32)O1. The van der Waals surface area contributed by atoms with E-state index in [1.54, 1.807) is 0 Å². The van der Waals surface area contributed by atoms with Crippen LogP contribution in [0, 0.1) is 5.92 Å². The molecule has 6 unspecified atom stereocenters. The van der Waals surface area contributed by atoms with Gasteiger partial charge in [-0.2, -0.15) is 5.12 Å². The molecule has 7 heteroatoms. The molecule has 0 spiro atoms. The Morgan fingerprint density at radius 2 is 2.00 bits per heavy atom. The molecule has 4 aliphatic rings. The third-order valence-electron chi connectivity index (χ3n) is 5.77. The van der Waals surface area contributed by atoms with Crippen LogP contribution in [-0.4, -0.2) is 61.8 Å². The molecule has 132 valence electrons. The van der Waals surface area contributed by atoms with Crippen molar-refractivity contribution in [3.8, 4) is 0 Å². The molecule has 0 radical (unpaired) electrons. The number of hydrogen-bond acceptors (Lipinski definition) is 7. The van der Waals surface area contributed by atoms with E-state index >= 15 is 0 Å². The minimum Gasteiger partial charge on any atom is -0.381 e. The zero-order chi connectivity index (χ0) is 15.6. The lowest BCUT2D eigenvalue weighted by Gasteiger charge is -2.35. The molecular formula is C16H31N5O2. The van der Waals surface area contributed by atoms with Gasteiger partial charge in [0.1, 0.15) is 0 Å². The van der Waals surface area contributed by atoms with Crippen molar-refractivity contribution >= 4 is 0 Å². The van der Waals surface area contributed by atoms with E-state index in [2.05, 4.69) is 33.7 Å². The molecule has 23 heavy (non-hydrogen) atoms. The maximum atomic E-state index is 6.32. The Bertz CT molecular complexity index is 399. The number of hydrazine groups is 3. The maximum Gasteiger partial charge on any atom is 0.0583 e. The van der Waals surface area contributed by atoms with Crippen LogP contribution in [0.15, 0.2) is 0 Å². The molecule has 0 amide bonds. The summed E-state index contributed by atoms with van der Waals surface area (Å²) in [5, 5.41) is 2.14. The van der Waals surface area contributed by atoms with Gasteiger partial charge in [0.2, 0.25) is 0 Å². The van der Waals surface area contributed by atoms with E-state index in [-0.39, 0.29) is 0 Å². The molecule has 1 saturated carbocycles. The summed E-state index contributed by atoms with van der Waals surface area (Å²) in [6, 6.07) is 1.48. The zero-order valence-corrected chi connectivity index (χ0v) is 14.1. The van der Waals surface area contributed by atoms with Gasteiger partial charge in [-0.25, -0.2) is 10.9 Å². The fraction of sp³-hybridized carbons (Fsp3) is 1.00. The van der Waals surface area contributed by atoms with Crippen LogP contribution in [0.5, 0.6) is 0 Å². The van der Waals surface area contributed by atoms with Crippen molar-refractivity contribution in [1.82, 2.24) is 26.8 Å². The number of ether oxygens (including phenoxy) is 2. The summed E-state index contributed by atoms with van der Waals surface area (Å²) < 4.78 is 12.1. The Labute approximate surface area is 138 Å². The van der Waals surface area contributed by atoms with Crippen molar-refractivity contribution < 1.29 is 9.47 Å². The Balaban J connectivity index is 1.45. The molecule has 4 N–H and O–H groups in total. The van der Waals surface area contributed by atoms with E-state index in [0.29, 0.717) is 36.3 Å². The highest BCUT2D eigenvalue weighted by molar-refractivity contribution is 5.02. The molecule has 4 fully saturated rings. The molecule has 0 aromatic heterocycles. The summed E-state index contributed by atoms with van der Waals surface area (Å²) >= 11 is 0. The lowest BCUT2D eigenvalue weighted by molar-refractivity contribution is -0.0479. The first-order chi connectivity index (χ1) is 11.3. The lowest BCUT2D eigenvalue weighted by Crippen LogP contribution is -2.51. The summed E-state index contributed by atoms with van der Waals surface area (Å²) in [7, 11) is 0. The Kier molecular flexibility index (Phi) is 5.15. The first-order valence-corrected chi connectivity index (χ1v) is 9.31. The van der Waals surface area contributed by atoms with Crippen LogP contribution in [0.3, 0.4) is 0 Å². The average Bonchev–Trinajstić information content (AvgIpc) is 3.16. The van der Waals surface area contributed by atoms with Gasteiger partial charge in [0, 0.05) is 38.4 Å². The van der Waals surface area contributed by atoms with Gasteiger partial charge in [-0.1, -0.05) is 0 Å². The molecule has 7 nitrogen and oxygen atoms in total. The van der Waals surface area contributed by atoms with Gasteiger partial charge in [0.15, 0.2) is 0 Å². The number of nitrogens with one attached hydrogen (secondary N) is 4. The quantitative estimate of drug-likeness (QED) is 0.496. The predicted octanol–water partition coefficient (Wildman–Crippen LogP) is -0.0910. The van der Waals surface area contributed by atoms with Crippen LogP contribution in [0.2, 0.25) is 0 Å². The first kappa shape index (κ1) is 16.2. The molecular weight excluding hydrogens is 294 g/mol. The Hall–Kier alpha value is -0.280. The summed E-state index contributed by atoms with van der Waals surface area (Å²) in [5.41, 5.74) is 14.2. The van der Waals surface area contributed by atoms with E-state index in [1.807, 2.05) is 0 Å². The van der Waals surface area contributed by atoms with E-state index in [1.165, 1.54) is 6.42 Å². The topological polar surface area (TPSA) is 69.8 Å². The summed E-state index contributed by atoms with van der Waals surface area (Å²) in [4.78, 5) is 0. The first-order valence-electron chi connectivity index (χ1n) is 9.31. The fourth-order valence-electron chi connectivity index (χ4n) is 4.50. The number of rotatable bonds is 0. The second-order valence-corrected chi connectivity index (χ2v) is 7.47. The number of hydrogen-bond donors (Lipinski definition) is 4. The van der Waals surface area contributed by atoms with Crippen LogP contribution < -0.4 is 21.7 Å². The molecule has 0 aromatic carbocycles. The van der Waals surface area contributed by atoms with E-state index in [0.717, 1.165) is 52.0 Å². The van der Waals surface area contributed by atoms with E-state index < -0.39 is 0 Å². The second kappa shape index (κ2) is 7.31. The van der Waals surface area contributed by atoms with Crippen LogP contribution in [0.4, 0.5) is 0 Å². The van der Waals surface area contributed by atoms with Crippen LogP contribution >= 0.6 is 0 Å². The van der Waals surface area contributed by atoms with Crippen molar-refractivity contribution in [2.45, 2.75) is 69.4 Å². The third-order valence-corrected chi connectivity index (χ3v) is 5.77. The van der Waals surface area contributed by atoms with Crippen molar-refractivity contribution in [3.63, 3.8) is 0 Å². The average molecular weight is 325 g/mol. The predicted molar refractivity (Wildman–Crippen MR) is 87.2 cm³/mol.